The van der Waals surface area contributed by atoms with E-state index in [0.29, 0.717) is 13.0 Å². The molecule has 0 aliphatic carbocycles. The predicted octanol–water partition coefficient (Wildman–Crippen LogP) is 12.7. The topological polar surface area (TPSA) is 135 Å². The molecule has 0 saturated carbocycles. The molecule has 6 atom stereocenters. The van der Waals surface area contributed by atoms with Crippen molar-refractivity contribution in [2.24, 2.45) is 0 Å². The second-order valence-corrected chi connectivity index (χ2v) is 16.8. The molecule has 0 aromatic heterocycles. The number of rotatable bonds is 42. The molecule has 1 heterocycles. The Hall–Kier alpha value is -3.41. The van der Waals surface area contributed by atoms with Crippen molar-refractivity contribution in [2.75, 3.05) is 26.4 Å². The van der Waals surface area contributed by atoms with Crippen LogP contribution in [0.15, 0.2) is 122 Å². The average molecular weight is 921 g/mol. The van der Waals surface area contributed by atoms with Gasteiger partial charge in [0.15, 0.2) is 6.29 Å². The van der Waals surface area contributed by atoms with Crippen LogP contribution in [0.4, 0.5) is 0 Å². The third-order valence-corrected chi connectivity index (χ3v) is 10.9. The highest BCUT2D eigenvalue weighted by molar-refractivity contribution is 5.69. The van der Waals surface area contributed by atoms with Gasteiger partial charge in [-0.25, -0.2) is 0 Å². The highest BCUT2D eigenvalue weighted by atomic mass is 16.7. The van der Waals surface area contributed by atoms with Crippen molar-refractivity contribution in [2.45, 2.75) is 205 Å². The molecule has 6 unspecified atom stereocenters. The van der Waals surface area contributed by atoms with Gasteiger partial charge in [-0.15, -0.1) is 0 Å². The standard InChI is InChI=1S/C57H92O9/c1-3-5-7-9-11-13-15-17-19-21-22-23-24-25-26-27-28-29-31-33-35-37-39-41-43-45-47-63-49-51(50-64-57-56(62)55(61)54(60)52(48-58)66-57)65-53(59)46-44-42-40-38-36-34-32-30-20-18-16-14-12-10-8-6-4-2/h5-8,11-14,17-20,22-23,25-26,32,34,38,40,51-52,54-58,60-62H,3-4,9-10,15-16,21,24,27-31,33,35-37,39,41-50H2,1-2H3/b7-5-,8-6-,13-11-,14-12-,19-17-,20-18-,23-22-,26-25-,34-32-,40-38-. The van der Waals surface area contributed by atoms with E-state index in [0.717, 1.165) is 96.3 Å². The molecule has 1 saturated heterocycles. The van der Waals surface area contributed by atoms with Gasteiger partial charge in [-0.2, -0.15) is 0 Å². The summed E-state index contributed by atoms with van der Waals surface area (Å²) in [4.78, 5) is 12.8. The molecule has 0 radical (unpaired) electrons. The number of carbonyl (C=O) groups is 1. The minimum absolute atomic E-state index is 0.110. The highest BCUT2D eigenvalue weighted by Crippen LogP contribution is 2.22. The zero-order chi connectivity index (χ0) is 47.8. The Morgan fingerprint density at radius 1 is 0.485 bits per heavy atom. The predicted molar refractivity (Wildman–Crippen MR) is 274 cm³/mol. The smallest absolute Gasteiger partial charge is 0.306 e. The molecule has 9 heteroatoms. The van der Waals surface area contributed by atoms with Crippen molar-refractivity contribution in [1.82, 2.24) is 0 Å². The summed E-state index contributed by atoms with van der Waals surface area (Å²) in [5.41, 5.74) is 0. The minimum Gasteiger partial charge on any atom is -0.457 e. The molecule has 0 amide bonds. The third-order valence-electron chi connectivity index (χ3n) is 10.9. The van der Waals surface area contributed by atoms with Crippen molar-refractivity contribution in [3.63, 3.8) is 0 Å². The molecule has 0 aromatic rings. The molecule has 9 nitrogen and oxygen atoms in total. The van der Waals surface area contributed by atoms with Gasteiger partial charge in [-0.3, -0.25) is 4.79 Å². The summed E-state index contributed by atoms with van der Waals surface area (Å²) in [7, 11) is 0. The summed E-state index contributed by atoms with van der Waals surface area (Å²) in [6.45, 7) is 4.23. The third kappa shape index (κ3) is 36.7. The number of aliphatic hydroxyl groups is 4. The SMILES string of the molecule is CC/C=C\C/C=C\C/C=C\C/C=C\C/C=C\CCCCCCCCCCCCOCC(COC1OC(CO)C(O)C(O)C1O)OC(=O)CCC/C=C\C/C=C\C/C=C\C/C=C\C/C=C\CC. The maximum atomic E-state index is 12.8. The van der Waals surface area contributed by atoms with Crippen molar-refractivity contribution in [3.05, 3.63) is 122 Å². The van der Waals surface area contributed by atoms with Gasteiger partial charge in [0.05, 0.1) is 19.8 Å². The molecule has 66 heavy (non-hydrogen) atoms. The molecule has 1 fully saturated rings. The summed E-state index contributed by atoms with van der Waals surface area (Å²) >= 11 is 0. The Morgan fingerprint density at radius 2 is 0.879 bits per heavy atom. The fourth-order valence-electron chi connectivity index (χ4n) is 6.96. The first-order valence-electron chi connectivity index (χ1n) is 25.6. The molecular formula is C57H92O9. The van der Waals surface area contributed by atoms with E-state index >= 15 is 0 Å². The zero-order valence-corrected chi connectivity index (χ0v) is 41.1. The van der Waals surface area contributed by atoms with Gasteiger partial charge in [0.25, 0.3) is 0 Å². The van der Waals surface area contributed by atoms with Crippen LogP contribution in [0.25, 0.3) is 0 Å². The monoisotopic (exact) mass is 921 g/mol. The Morgan fingerprint density at radius 3 is 1.32 bits per heavy atom. The van der Waals surface area contributed by atoms with Crippen molar-refractivity contribution < 1.29 is 44.2 Å². The van der Waals surface area contributed by atoms with Gasteiger partial charge in [0, 0.05) is 13.0 Å². The second kappa shape index (κ2) is 46.7. The number of allylic oxidation sites excluding steroid dienone is 20. The number of carbonyl (C=O) groups excluding carboxylic acids is 1. The first-order chi connectivity index (χ1) is 32.4. The number of esters is 1. The summed E-state index contributed by atoms with van der Waals surface area (Å²) in [5.74, 6) is -0.376. The van der Waals surface area contributed by atoms with Crippen LogP contribution >= 0.6 is 0 Å². The molecule has 1 rings (SSSR count). The van der Waals surface area contributed by atoms with Gasteiger partial charge in [-0.05, 0) is 96.3 Å². The van der Waals surface area contributed by atoms with E-state index in [2.05, 4.69) is 135 Å². The average Bonchev–Trinajstić information content (AvgIpc) is 3.32. The van der Waals surface area contributed by atoms with Crippen LogP contribution in [0.1, 0.15) is 168 Å². The fourth-order valence-corrected chi connectivity index (χ4v) is 6.96. The molecule has 0 spiro atoms. The summed E-state index contributed by atoms with van der Waals surface area (Å²) in [5, 5.41) is 40.2. The zero-order valence-electron chi connectivity index (χ0n) is 41.1. The van der Waals surface area contributed by atoms with Gasteiger partial charge in [-0.1, -0.05) is 187 Å². The Balaban J connectivity index is 2.24. The Bertz CT molecular complexity index is 1420. The number of hydrogen-bond donors (Lipinski definition) is 4. The quantitative estimate of drug-likeness (QED) is 0.0268. The van der Waals surface area contributed by atoms with E-state index in [1.807, 2.05) is 0 Å². The summed E-state index contributed by atoms with van der Waals surface area (Å²) in [6.07, 6.45) is 61.0. The second-order valence-electron chi connectivity index (χ2n) is 16.8. The lowest BCUT2D eigenvalue weighted by Crippen LogP contribution is -2.59. The fraction of sp³-hybridized carbons (Fsp3) is 0.632. The number of hydrogen-bond acceptors (Lipinski definition) is 9. The highest BCUT2D eigenvalue weighted by Gasteiger charge is 2.44. The van der Waals surface area contributed by atoms with Crippen molar-refractivity contribution >= 4 is 5.97 Å². The van der Waals surface area contributed by atoms with Crippen LogP contribution in [0.5, 0.6) is 0 Å². The Labute approximate surface area is 401 Å². The lowest BCUT2D eigenvalue weighted by atomic mass is 9.99. The van der Waals surface area contributed by atoms with Crippen LogP contribution in [0, 0.1) is 0 Å². The molecule has 374 valence electrons. The molecular weight excluding hydrogens is 829 g/mol. The molecule has 1 aliphatic heterocycles. The van der Waals surface area contributed by atoms with Crippen LogP contribution in [-0.4, -0.2) is 89.6 Å². The maximum Gasteiger partial charge on any atom is 0.306 e. The molecule has 4 N–H and O–H groups in total. The van der Waals surface area contributed by atoms with E-state index in [4.69, 9.17) is 18.9 Å². The Kier molecular flexibility index (Phi) is 42.9. The first kappa shape index (κ1) is 60.6. The first-order valence-corrected chi connectivity index (χ1v) is 25.6. The largest absolute Gasteiger partial charge is 0.457 e. The number of ether oxygens (including phenoxy) is 4. The van der Waals surface area contributed by atoms with Gasteiger partial charge < -0.3 is 39.4 Å². The van der Waals surface area contributed by atoms with Crippen LogP contribution in [0.2, 0.25) is 0 Å². The summed E-state index contributed by atoms with van der Waals surface area (Å²) < 4.78 is 22.8. The van der Waals surface area contributed by atoms with E-state index in [1.54, 1.807) is 0 Å². The normalized spacial score (nSPS) is 20.4. The van der Waals surface area contributed by atoms with E-state index < -0.39 is 43.4 Å². The van der Waals surface area contributed by atoms with Gasteiger partial charge >= 0.3 is 5.97 Å². The molecule has 0 aromatic carbocycles. The maximum absolute atomic E-state index is 12.8. The summed E-state index contributed by atoms with van der Waals surface area (Å²) in [6, 6.07) is 0. The number of aliphatic hydroxyl groups excluding tert-OH is 4. The lowest BCUT2D eigenvalue weighted by Gasteiger charge is -2.39. The van der Waals surface area contributed by atoms with E-state index in [-0.39, 0.29) is 25.6 Å². The van der Waals surface area contributed by atoms with Crippen LogP contribution < -0.4 is 0 Å². The molecule has 1 aliphatic rings. The van der Waals surface area contributed by atoms with Gasteiger partial charge in [0.1, 0.15) is 30.5 Å². The van der Waals surface area contributed by atoms with Crippen LogP contribution in [-0.2, 0) is 23.7 Å². The lowest BCUT2D eigenvalue weighted by molar-refractivity contribution is -0.305. The van der Waals surface area contributed by atoms with Gasteiger partial charge in [0.2, 0.25) is 0 Å². The van der Waals surface area contributed by atoms with Crippen LogP contribution in [0.3, 0.4) is 0 Å². The van der Waals surface area contributed by atoms with Crippen molar-refractivity contribution in [3.8, 4) is 0 Å². The van der Waals surface area contributed by atoms with E-state index in [9.17, 15) is 25.2 Å². The van der Waals surface area contributed by atoms with Crippen molar-refractivity contribution in [1.29, 1.82) is 0 Å². The van der Waals surface area contributed by atoms with E-state index in [1.165, 1.54) is 44.9 Å². The minimum atomic E-state index is -1.56. The molecule has 0 bridgehead atoms. The number of unbranched alkanes of at least 4 members (excludes halogenated alkanes) is 11.